The highest BCUT2D eigenvalue weighted by Gasteiger charge is 2.15. The predicted octanol–water partition coefficient (Wildman–Crippen LogP) is 3.45. The minimum absolute atomic E-state index is 0.0944. The number of hydrogen-bond acceptors (Lipinski definition) is 2. The van der Waals surface area contributed by atoms with Gasteiger partial charge in [-0.1, -0.05) is 18.2 Å². The minimum Gasteiger partial charge on any atom is -0.494 e. The average molecular weight is 248 g/mol. The fourth-order valence-corrected chi connectivity index (χ4v) is 1.69. The van der Waals surface area contributed by atoms with Crippen LogP contribution in [0.4, 0.5) is 8.78 Å². The van der Waals surface area contributed by atoms with Crippen molar-refractivity contribution >= 4 is 6.29 Å². The monoisotopic (exact) mass is 248 g/mol. The fourth-order valence-electron chi connectivity index (χ4n) is 1.69. The molecular weight excluding hydrogens is 238 g/mol. The van der Waals surface area contributed by atoms with Crippen LogP contribution in [0.1, 0.15) is 10.4 Å². The summed E-state index contributed by atoms with van der Waals surface area (Å²) in [6.07, 6.45) is 0.654. The minimum atomic E-state index is -1.04. The number of benzene rings is 2. The van der Waals surface area contributed by atoms with Gasteiger partial charge in [0.2, 0.25) is 5.82 Å². The zero-order valence-electron chi connectivity index (χ0n) is 9.61. The van der Waals surface area contributed by atoms with E-state index in [2.05, 4.69) is 0 Å². The van der Waals surface area contributed by atoms with Crippen LogP contribution in [0.25, 0.3) is 11.1 Å². The first-order valence-corrected chi connectivity index (χ1v) is 5.25. The molecule has 0 aromatic heterocycles. The van der Waals surface area contributed by atoms with Crippen molar-refractivity contribution in [1.29, 1.82) is 0 Å². The molecule has 0 unspecified atom stereocenters. The summed E-state index contributed by atoms with van der Waals surface area (Å²) in [4.78, 5) is 10.7. The van der Waals surface area contributed by atoms with Gasteiger partial charge in [-0.3, -0.25) is 4.79 Å². The summed E-state index contributed by atoms with van der Waals surface area (Å²) < 4.78 is 32.1. The number of carbonyl (C=O) groups excluding carboxylic acids is 1. The Bertz CT molecular complexity index is 594. The molecule has 0 bridgehead atoms. The Morgan fingerprint density at radius 3 is 2.56 bits per heavy atom. The highest BCUT2D eigenvalue weighted by molar-refractivity contribution is 5.79. The molecule has 2 aromatic rings. The molecule has 0 aliphatic heterocycles. The summed E-state index contributed by atoms with van der Waals surface area (Å²) in [5.74, 6) is -2.17. The molecule has 0 aliphatic rings. The van der Waals surface area contributed by atoms with E-state index in [9.17, 15) is 13.6 Å². The van der Waals surface area contributed by atoms with Crippen LogP contribution in [-0.2, 0) is 0 Å². The second kappa shape index (κ2) is 4.96. The van der Waals surface area contributed by atoms with Gasteiger partial charge in [0, 0.05) is 11.1 Å². The first kappa shape index (κ1) is 12.2. The fraction of sp³-hybridized carbons (Fsp3) is 0.0714. The summed E-state index contributed by atoms with van der Waals surface area (Å²) in [6, 6.07) is 9.08. The van der Waals surface area contributed by atoms with Gasteiger partial charge in [0.05, 0.1) is 7.11 Å². The Labute approximate surface area is 103 Å². The maximum absolute atomic E-state index is 13.8. The van der Waals surface area contributed by atoms with Gasteiger partial charge >= 0.3 is 0 Å². The Hall–Kier alpha value is -2.23. The summed E-state index contributed by atoms with van der Waals surface area (Å²) in [5.41, 5.74) is 0.943. The standard InChI is InChI=1S/C14H10F2O2/c1-18-12-6-5-11(13(15)14(12)16)10-4-2-3-9(7-10)8-17/h2-8H,1H3. The van der Waals surface area contributed by atoms with E-state index in [0.717, 1.165) is 0 Å². The smallest absolute Gasteiger partial charge is 0.201 e. The lowest BCUT2D eigenvalue weighted by atomic mass is 10.0. The van der Waals surface area contributed by atoms with E-state index >= 15 is 0 Å². The molecular formula is C14H10F2O2. The van der Waals surface area contributed by atoms with Crippen LogP contribution >= 0.6 is 0 Å². The van der Waals surface area contributed by atoms with E-state index in [-0.39, 0.29) is 11.3 Å². The lowest BCUT2D eigenvalue weighted by molar-refractivity contribution is 0.112. The van der Waals surface area contributed by atoms with Crippen molar-refractivity contribution in [3.8, 4) is 16.9 Å². The molecule has 0 saturated heterocycles. The van der Waals surface area contributed by atoms with Crippen LogP contribution in [0.2, 0.25) is 0 Å². The van der Waals surface area contributed by atoms with Crippen LogP contribution in [0, 0.1) is 11.6 Å². The van der Waals surface area contributed by atoms with Crippen molar-refractivity contribution in [2.24, 2.45) is 0 Å². The molecule has 0 spiro atoms. The number of rotatable bonds is 3. The van der Waals surface area contributed by atoms with E-state index < -0.39 is 11.6 Å². The van der Waals surface area contributed by atoms with Gasteiger partial charge in [0.25, 0.3) is 0 Å². The Kier molecular flexibility index (Phi) is 3.37. The van der Waals surface area contributed by atoms with Gasteiger partial charge in [0.15, 0.2) is 11.6 Å². The van der Waals surface area contributed by atoms with E-state index in [1.54, 1.807) is 18.2 Å². The highest BCUT2D eigenvalue weighted by Crippen LogP contribution is 2.29. The van der Waals surface area contributed by atoms with Crippen molar-refractivity contribution in [3.63, 3.8) is 0 Å². The average Bonchev–Trinajstić information content (AvgIpc) is 2.42. The number of aldehydes is 1. The van der Waals surface area contributed by atoms with E-state index in [1.165, 1.54) is 25.3 Å². The second-order valence-corrected chi connectivity index (χ2v) is 3.69. The molecule has 0 fully saturated rings. The topological polar surface area (TPSA) is 26.3 Å². The van der Waals surface area contributed by atoms with Crippen LogP contribution in [-0.4, -0.2) is 13.4 Å². The molecule has 2 rings (SSSR count). The largest absolute Gasteiger partial charge is 0.494 e. The zero-order chi connectivity index (χ0) is 13.1. The molecule has 0 heterocycles. The number of methoxy groups -OCH3 is 1. The summed E-state index contributed by atoms with van der Waals surface area (Å²) in [7, 11) is 1.27. The summed E-state index contributed by atoms with van der Waals surface area (Å²) in [6.45, 7) is 0. The van der Waals surface area contributed by atoms with Gasteiger partial charge in [-0.2, -0.15) is 4.39 Å². The quantitative estimate of drug-likeness (QED) is 0.777. The molecule has 2 aromatic carbocycles. The van der Waals surface area contributed by atoms with Crippen molar-refractivity contribution < 1.29 is 18.3 Å². The van der Waals surface area contributed by atoms with Crippen molar-refractivity contribution in [2.75, 3.05) is 7.11 Å². The summed E-state index contributed by atoms with van der Waals surface area (Å²) >= 11 is 0. The third-order valence-corrected chi connectivity index (χ3v) is 2.60. The molecule has 2 nitrogen and oxygen atoms in total. The Morgan fingerprint density at radius 1 is 1.11 bits per heavy atom. The maximum atomic E-state index is 13.8. The van der Waals surface area contributed by atoms with Crippen molar-refractivity contribution in [1.82, 2.24) is 0 Å². The van der Waals surface area contributed by atoms with E-state index in [1.807, 2.05) is 0 Å². The predicted molar refractivity (Wildman–Crippen MR) is 63.7 cm³/mol. The van der Waals surface area contributed by atoms with Crippen molar-refractivity contribution in [3.05, 3.63) is 53.6 Å². The van der Waals surface area contributed by atoms with E-state index in [0.29, 0.717) is 17.4 Å². The van der Waals surface area contributed by atoms with Gasteiger partial charge < -0.3 is 4.74 Å². The number of hydrogen-bond donors (Lipinski definition) is 0. The molecule has 0 aliphatic carbocycles. The van der Waals surface area contributed by atoms with Crippen LogP contribution in [0.5, 0.6) is 5.75 Å². The number of ether oxygens (including phenoxy) is 1. The maximum Gasteiger partial charge on any atom is 0.201 e. The lowest BCUT2D eigenvalue weighted by Crippen LogP contribution is -1.95. The van der Waals surface area contributed by atoms with Gasteiger partial charge in [-0.25, -0.2) is 4.39 Å². The van der Waals surface area contributed by atoms with Crippen LogP contribution in [0.3, 0.4) is 0 Å². The molecule has 4 heteroatoms. The van der Waals surface area contributed by atoms with Gasteiger partial charge in [0.1, 0.15) is 6.29 Å². The van der Waals surface area contributed by atoms with Crippen LogP contribution < -0.4 is 4.74 Å². The second-order valence-electron chi connectivity index (χ2n) is 3.69. The Morgan fingerprint density at radius 2 is 1.89 bits per heavy atom. The highest BCUT2D eigenvalue weighted by atomic mass is 19.2. The zero-order valence-corrected chi connectivity index (χ0v) is 9.61. The lowest BCUT2D eigenvalue weighted by Gasteiger charge is -2.08. The molecule has 0 saturated carbocycles. The Balaban J connectivity index is 2.57. The van der Waals surface area contributed by atoms with Crippen molar-refractivity contribution in [2.45, 2.75) is 0 Å². The third-order valence-electron chi connectivity index (χ3n) is 2.60. The molecule has 92 valence electrons. The molecule has 18 heavy (non-hydrogen) atoms. The first-order valence-electron chi connectivity index (χ1n) is 5.25. The molecule has 0 N–H and O–H groups in total. The van der Waals surface area contributed by atoms with Gasteiger partial charge in [-0.15, -0.1) is 0 Å². The number of halogens is 2. The number of carbonyl (C=O) groups is 1. The third kappa shape index (κ3) is 2.09. The van der Waals surface area contributed by atoms with Crippen LogP contribution in [0.15, 0.2) is 36.4 Å². The molecule has 0 atom stereocenters. The normalized spacial score (nSPS) is 10.2. The SMILES string of the molecule is COc1ccc(-c2cccc(C=O)c2)c(F)c1F. The summed E-state index contributed by atoms with van der Waals surface area (Å²) in [5, 5.41) is 0. The molecule has 0 amide bonds. The first-order chi connectivity index (χ1) is 8.67. The van der Waals surface area contributed by atoms with E-state index in [4.69, 9.17) is 4.74 Å². The molecule has 0 radical (unpaired) electrons. The van der Waals surface area contributed by atoms with Gasteiger partial charge in [-0.05, 0) is 23.8 Å².